The summed E-state index contributed by atoms with van der Waals surface area (Å²) < 4.78 is 4.21. The van der Waals surface area contributed by atoms with E-state index in [1.807, 2.05) is 6.08 Å². The lowest BCUT2D eigenvalue weighted by atomic mass is 9.92. The van der Waals surface area contributed by atoms with Crippen LogP contribution in [0, 0.1) is 10.2 Å². The molecule has 22 heavy (non-hydrogen) atoms. The van der Waals surface area contributed by atoms with Gasteiger partial charge in [0, 0.05) is 35.7 Å². The van der Waals surface area contributed by atoms with E-state index in [-0.39, 0.29) is 5.41 Å². The summed E-state index contributed by atoms with van der Waals surface area (Å²) in [6, 6.07) is 4.63. The molecule has 1 aromatic carbocycles. The van der Waals surface area contributed by atoms with E-state index < -0.39 is 0 Å². The van der Waals surface area contributed by atoms with E-state index in [2.05, 4.69) is 69.9 Å². The Morgan fingerprint density at radius 2 is 2.23 bits per heavy atom. The van der Waals surface area contributed by atoms with Gasteiger partial charge in [0.1, 0.15) is 0 Å². The molecule has 3 nitrogen and oxygen atoms in total. The van der Waals surface area contributed by atoms with E-state index in [1.165, 1.54) is 11.1 Å². The normalized spacial score (nSPS) is 19.4. The van der Waals surface area contributed by atoms with Gasteiger partial charge in [-0.05, 0) is 36.7 Å². The van der Waals surface area contributed by atoms with Gasteiger partial charge in [-0.25, -0.2) is 0 Å². The lowest BCUT2D eigenvalue weighted by Crippen LogP contribution is -2.40. The number of nitrogens with one attached hydrogen (secondary N) is 1. The largest absolute Gasteiger partial charge is 0.331 e. The number of nitrogens with zero attached hydrogens (tertiary/aromatic N) is 2. The number of hydrogen-bond donors (Lipinski definition) is 1. The van der Waals surface area contributed by atoms with Crippen LogP contribution >= 0.6 is 28.1 Å². The first-order valence-corrected chi connectivity index (χ1v) is 8.80. The van der Waals surface area contributed by atoms with Gasteiger partial charge in [0.15, 0.2) is 4.77 Å². The Bertz CT molecular complexity index is 787. The number of hydrogen-bond acceptors (Lipinski definition) is 2. The van der Waals surface area contributed by atoms with Crippen LogP contribution in [0.1, 0.15) is 26.3 Å². The molecular formula is C17H22BrN3S. The van der Waals surface area contributed by atoms with Crippen LogP contribution in [0.4, 0.5) is 0 Å². The van der Waals surface area contributed by atoms with Crippen LogP contribution in [0.5, 0.6) is 0 Å². The zero-order chi connectivity index (χ0) is 16.1. The summed E-state index contributed by atoms with van der Waals surface area (Å²) in [5.74, 6) is 0. The number of rotatable bonds is 3. The Kier molecular flexibility index (Phi) is 4.08. The van der Waals surface area contributed by atoms with Crippen molar-refractivity contribution in [2.75, 3.05) is 6.54 Å². The average molecular weight is 380 g/mol. The van der Waals surface area contributed by atoms with E-state index in [0.717, 1.165) is 34.4 Å². The minimum Gasteiger partial charge on any atom is -0.331 e. The SMILES string of the molecule is C=CC(C)(C)CN1Cc2c(Br)ccc3[nH]c(=S)n(c23)C[C@@H]1C. The molecule has 0 fully saturated rings. The van der Waals surface area contributed by atoms with Crippen molar-refractivity contribution in [3.63, 3.8) is 0 Å². The molecule has 0 bridgehead atoms. The molecule has 0 unspecified atom stereocenters. The molecule has 0 spiro atoms. The predicted octanol–water partition coefficient (Wildman–Crippen LogP) is 4.88. The Morgan fingerprint density at radius 1 is 1.50 bits per heavy atom. The molecule has 2 aromatic rings. The Labute approximate surface area is 145 Å². The van der Waals surface area contributed by atoms with E-state index in [1.54, 1.807) is 0 Å². The van der Waals surface area contributed by atoms with Crippen LogP contribution in [0.3, 0.4) is 0 Å². The minimum atomic E-state index is 0.0938. The lowest BCUT2D eigenvalue weighted by molar-refractivity contribution is 0.144. The van der Waals surface area contributed by atoms with E-state index >= 15 is 0 Å². The molecule has 1 aromatic heterocycles. The molecule has 2 heterocycles. The molecule has 0 saturated carbocycles. The summed E-state index contributed by atoms with van der Waals surface area (Å²) in [4.78, 5) is 5.86. The molecule has 0 radical (unpaired) electrons. The second kappa shape index (κ2) is 5.62. The summed E-state index contributed by atoms with van der Waals surface area (Å²) in [5.41, 5.74) is 3.77. The maximum absolute atomic E-state index is 5.53. The molecule has 1 aliphatic heterocycles. The quantitative estimate of drug-likeness (QED) is 0.606. The zero-order valence-electron chi connectivity index (χ0n) is 13.3. The monoisotopic (exact) mass is 379 g/mol. The first-order chi connectivity index (χ1) is 10.3. The van der Waals surface area contributed by atoms with Crippen molar-refractivity contribution in [3.8, 4) is 0 Å². The van der Waals surface area contributed by atoms with Gasteiger partial charge >= 0.3 is 0 Å². The van der Waals surface area contributed by atoms with Gasteiger partial charge in [-0.2, -0.15) is 0 Å². The Hall–Kier alpha value is -0.910. The number of imidazole rings is 1. The number of aromatic nitrogens is 2. The van der Waals surface area contributed by atoms with Crippen LogP contribution in [0.15, 0.2) is 29.3 Å². The summed E-state index contributed by atoms with van der Waals surface area (Å²) >= 11 is 9.26. The van der Waals surface area contributed by atoms with Crippen molar-refractivity contribution < 1.29 is 0 Å². The number of H-pyrrole nitrogens is 1. The van der Waals surface area contributed by atoms with Gasteiger partial charge in [-0.3, -0.25) is 4.90 Å². The van der Waals surface area contributed by atoms with Gasteiger partial charge in [0.05, 0.1) is 11.0 Å². The fourth-order valence-electron chi connectivity index (χ4n) is 3.17. The molecule has 1 atom stereocenters. The Morgan fingerprint density at radius 3 is 2.91 bits per heavy atom. The highest BCUT2D eigenvalue weighted by Crippen LogP contribution is 2.32. The molecular weight excluding hydrogens is 358 g/mol. The highest BCUT2D eigenvalue weighted by Gasteiger charge is 2.28. The maximum Gasteiger partial charge on any atom is 0.178 e. The predicted molar refractivity (Wildman–Crippen MR) is 98.7 cm³/mol. The third kappa shape index (κ3) is 2.70. The molecule has 118 valence electrons. The third-order valence-electron chi connectivity index (χ3n) is 4.58. The third-order valence-corrected chi connectivity index (χ3v) is 5.64. The molecule has 1 N–H and O–H groups in total. The van der Waals surface area contributed by atoms with Gasteiger partial charge in [-0.1, -0.05) is 35.9 Å². The van der Waals surface area contributed by atoms with Crippen molar-refractivity contribution in [1.82, 2.24) is 14.5 Å². The highest BCUT2D eigenvalue weighted by atomic mass is 79.9. The standard InChI is InChI=1S/C17H22BrN3S/c1-5-17(3,4)10-20-9-12-13(18)6-7-14-15(12)21(8-11(20)2)16(22)19-14/h5-7,11H,1,8-10H2,2-4H3,(H,19,22)/t11-/m0/s1. The van der Waals surface area contributed by atoms with Crippen molar-refractivity contribution in [1.29, 1.82) is 0 Å². The number of halogens is 1. The topological polar surface area (TPSA) is 24.0 Å². The summed E-state index contributed by atoms with van der Waals surface area (Å²) in [6.07, 6.45) is 2.05. The summed E-state index contributed by atoms with van der Waals surface area (Å²) in [5, 5.41) is 0. The first-order valence-electron chi connectivity index (χ1n) is 7.60. The Balaban J connectivity index is 2.11. The second-order valence-corrected chi connectivity index (χ2v) is 8.15. The smallest absolute Gasteiger partial charge is 0.178 e. The number of benzene rings is 1. The maximum atomic E-state index is 5.53. The van der Waals surface area contributed by atoms with Crippen LogP contribution in [0.2, 0.25) is 0 Å². The number of aromatic amines is 1. The van der Waals surface area contributed by atoms with Crippen molar-refractivity contribution >= 4 is 39.2 Å². The van der Waals surface area contributed by atoms with E-state index in [0.29, 0.717) is 6.04 Å². The van der Waals surface area contributed by atoms with Gasteiger partial charge in [-0.15, -0.1) is 6.58 Å². The minimum absolute atomic E-state index is 0.0938. The van der Waals surface area contributed by atoms with E-state index in [9.17, 15) is 0 Å². The zero-order valence-corrected chi connectivity index (χ0v) is 15.7. The summed E-state index contributed by atoms with van der Waals surface area (Å²) in [6.45, 7) is 13.6. The lowest BCUT2D eigenvalue weighted by Gasteiger charge is -2.34. The fourth-order valence-corrected chi connectivity index (χ4v) is 3.89. The summed E-state index contributed by atoms with van der Waals surface area (Å²) in [7, 11) is 0. The first kappa shape index (κ1) is 16.0. The average Bonchev–Trinajstić information content (AvgIpc) is 2.68. The second-order valence-electron chi connectivity index (χ2n) is 6.91. The van der Waals surface area contributed by atoms with E-state index in [4.69, 9.17) is 12.2 Å². The highest BCUT2D eigenvalue weighted by molar-refractivity contribution is 9.10. The molecule has 0 amide bonds. The van der Waals surface area contributed by atoms with Gasteiger partial charge in [0.2, 0.25) is 0 Å². The molecule has 0 aliphatic carbocycles. The molecule has 3 rings (SSSR count). The van der Waals surface area contributed by atoms with Crippen LogP contribution in [-0.4, -0.2) is 27.0 Å². The van der Waals surface area contributed by atoms with Crippen LogP contribution in [0.25, 0.3) is 11.0 Å². The molecule has 0 saturated heterocycles. The van der Waals surface area contributed by atoms with Gasteiger partial charge in [0.25, 0.3) is 0 Å². The van der Waals surface area contributed by atoms with Crippen molar-refractivity contribution in [2.45, 2.75) is 39.9 Å². The van der Waals surface area contributed by atoms with Crippen molar-refractivity contribution in [2.24, 2.45) is 5.41 Å². The van der Waals surface area contributed by atoms with Crippen molar-refractivity contribution in [3.05, 3.63) is 39.6 Å². The fraction of sp³-hybridized carbons (Fsp3) is 0.471. The molecule has 1 aliphatic rings. The van der Waals surface area contributed by atoms with Gasteiger partial charge < -0.3 is 9.55 Å². The van der Waals surface area contributed by atoms with Crippen LogP contribution in [-0.2, 0) is 13.1 Å². The van der Waals surface area contributed by atoms with Crippen LogP contribution < -0.4 is 0 Å². The molecule has 5 heteroatoms.